The SMILES string of the molecule is C=CCCC1CCC(C2CCC(CCc3cc4ccc(CC)cc4c(F)c3F)CC2)CC1. The first-order valence-electron chi connectivity index (χ1n) is 13.1. The van der Waals surface area contributed by atoms with Crippen LogP contribution in [0.4, 0.5) is 8.78 Å². The van der Waals surface area contributed by atoms with E-state index in [1.807, 2.05) is 25.1 Å². The van der Waals surface area contributed by atoms with Gasteiger partial charge in [0.15, 0.2) is 11.6 Å². The van der Waals surface area contributed by atoms with Crippen molar-refractivity contribution in [2.45, 2.75) is 90.4 Å². The van der Waals surface area contributed by atoms with Crippen LogP contribution in [0.3, 0.4) is 0 Å². The van der Waals surface area contributed by atoms with Gasteiger partial charge >= 0.3 is 0 Å². The Labute approximate surface area is 193 Å². The second-order valence-electron chi connectivity index (χ2n) is 10.5. The molecule has 0 N–H and O–H groups in total. The molecule has 0 spiro atoms. The topological polar surface area (TPSA) is 0 Å². The van der Waals surface area contributed by atoms with Crippen molar-refractivity contribution in [3.63, 3.8) is 0 Å². The Morgan fingerprint density at radius 2 is 1.47 bits per heavy atom. The Bertz CT molecular complexity index is 899. The monoisotopic (exact) mass is 438 g/mol. The van der Waals surface area contributed by atoms with Crippen molar-refractivity contribution in [1.29, 1.82) is 0 Å². The maximum atomic E-state index is 14.8. The maximum Gasteiger partial charge on any atom is 0.166 e. The summed E-state index contributed by atoms with van der Waals surface area (Å²) >= 11 is 0. The lowest BCUT2D eigenvalue weighted by Gasteiger charge is -2.38. The van der Waals surface area contributed by atoms with Gasteiger partial charge in [0.25, 0.3) is 0 Å². The van der Waals surface area contributed by atoms with E-state index in [0.717, 1.165) is 41.5 Å². The van der Waals surface area contributed by atoms with Gasteiger partial charge in [-0.1, -0.05) is 50.8 Å². The average molecular weight is 439 g/mol. The highest BCUT2D eigenvalue weighted by Crippen LogP contribution is 2.43. The predicted molar refractivity (Wildman–Crippen MR) is 132 cm³/mol. The molecule has 32 heavy (non-hydrogen) atoms. The number of rotatable bonds is 8. The minimum Gasteiger partial charge on any atom is -0.203 e. The second kappa shape index (κ2) is 10.9. The highest BCUT2D eigenvalue weighted by Gasteiger charge is 2.30. The third-order valence-electron chi connectivity index (χ3n) is 8.62. The van der Waals surface area contributed by atoms with Gasteiger partial charge in [0.2, 0.25) is 0 Å². The Kier molecular flexibility index (Phi) is 8.02. The third kappa shape index (κ3) is 5.43. The predicted octanol–water partition coefficient (Wildman–Crippen LogP) is 9.19. The quantitative estimate of drug-likeness (QED) is 0.360. The van der Waals surface area contributed by atoms with Crippen LogP contribution in [0, 0.1) is 35.3 Å². The van der Waals surface area contributed by atoms with Crippen molar-refractivity contribution in [3.05, 3.63) is 59.7 Å². The van der Waals surface area contributed by atoms with E-state index in [2.05, 4.69) is 12.7 Å². The number of hydrogen-bond acceptors (Lipinski definition) is 0. The van der Waals surface area contributed by atoms with Crippen molar-refractivity contribution in [2.24, 2.45) is 23.7 Å². The van der Waals surface area contributed by atoms with Gasteiger partial charge < -0.3 is 0 Å². The molecule has 0 bridgehead atoms. The molecule has 2 fully saturated rings. The van der Waals surface area contributed by atoms with Gasteiger partial charge in [0.1, 0.15) is 0 Å². The number of halogens is 2. The summed E-state index contributed by atoms with van der Waals surface area (Å²) in [6.07, 6.45) is 17.9. The lowest BCUT2D eigenvalue weighted by Crippen LogP contribution is -2.26. The molecular formula is C30H40F2. The summed E-state index contributed by atoms with van der Waals surface area (Å²) in [5, 5.41) is 1.24. The average Bonchev–Trinajstić information content (AvgIpc) is 2.84. The van der Waals surface area contributed by atoms with Gasteiger partial charge in [-0.05, 0) is 110 Å². The lowest BCUT2D eigenvalue weighted by molar-refractivity contribution is 0.141. The van der Waals surface area contributed by atoms with Crippen molar-refractivity contribution < 1.29 is 8.78 Å². The van der Waals surface area contributed by atoms with Gasteiger partial charge in [-0.2, -0.15) is 0 Å². The molecule has 2 aromatic rings. The van der Waals surface area contributed by atoms with Crippen LogP contribution in [-0.2, 0) is 12.8 Å². The molecule has 0 aromatic heterocycles. The fourth-order valence-corrected chi connectivity index (χ4v) is 6.44. The lowest BCUT2D eigenvalue weighted by atomic mass is 9.68. The Morgan fingerprint density at radius 3 is 2.06 bits per heavy atom. The standard InChI is InChI=1S/C30H40F2/c1-3-5-6-22-8-13-24(14-9-22)25-15-10-23(11-16-25)12-18-27-20-26-17-7-21(4-2)19-28(26)30(32)29(27)31/h3,7,17,19-20,22-25H,1,4-6,8-16,18H2,2H3. The minimum atomic E-state index is -0.666. The van der Waals surface area contributed by atoms with E-state index in [1.54, 1.807) is 6.07 Å². The Morgan fingerprint density at radius 1 is 0.844 bits per heavy atom. The normalized spacial score (nSPS) is 26.3. The van der Waals surface area contributed by atoms with E-state index in [-0.39, 0.29) is 0 Å². The number of fused-ring (bicyclic) bond motifs is 1. The molecule has 2 aliphatic rings. The number of hydrogen-bond donors (Lipinski definition) is 0. The van der Waals surface area contributed by atoms with Crippen LogP contribution in [0.1, 0.15) is 88.7 Å². The zero-order valence-electron chi connectivity index (χ0n) is 19.9. The molecule has 2 heteroatoms. The van der Waals surface area contributed by atoms with E-state index in [0.29, 0.717) is 23.3 Å². The first-order chi connectivity index (χ1) is 15.6. The van der Waals surface area contributed by atoms with E-state index in [1.165, 1.54) is 64.2 Å². The molecule has 0 saturated heterocycles. The van der Waals surface area contributed by atoms with Crippen molar-refractivity contribution >= 4 is 10.8 Å². The van der Waals surface area contributed by atoms with E-state index < -0.39 is 11.6 Å². The van der Waals surface area contributed by atoms with Crippen LogP contribution < -0.4 is 0 Å². The third-order valence-corrected chi connectivity index (χ3v) is 8.62. The molecule has 0 unspecified atom stereocenters. The minimum absolute atomic E-state index is 0.422. The van der Waals surface area contributed by atoms with Gasteiger partial charge in [-0.15, -0.1) is 6.58 Å². The fourth-order valence-electron chi connectivity index (χ4n) is 6.44. The summed E-state index contributed by atoms with van der Waals surface area (Å²) in [6, 6.07) is 7.64. The fraction of sp³-hybridized carbons (Fsp3) is 0.600. The zero-order valence-corrected chi connectivity index (χ0v) is 19.9. The van der Waals surface area contributed by atoms with Gasteiger partial charge in [-0.3, -0.25) is 0 Å². The Balaban J connectivity index is 1.28. The molecule has 0 amide bonds. The molecule has 0 aliphatic heterocycles. The van der Waals surface area contributed by atoms with Crippen LogP contribution in [0.25, 0.3) is 10.8 Å². The number of benzene rings is 2. The van der Waals surface area contributed by atoms with Gasteiger partial charge in [-0.25, -0.2) is 8.78 Å². The largest absolute Gasteiger partial charge is 0.203 e. The summed E-state index contributed by atoms with van der Waals surface area (Å²) in [5.74, 6) is 2.11. The van der Waals surface area contributed by atoms with Crippen molar-refractivity contribution in [1.82, 2.24) is 0 Å². The van der Waals surface area contributed by atoms with E-state index in [4.69, 9.17) is 0 Å². The van der Waals surface area contributed by atoms with E-state index >= 15 is 0 Å². The van der Waals surface area contributed by atoms with Crippen LogP contribution in [0.2, 0.25) is 0 Å². The van der Waals surface area contributed by atoms with E-state index in [9.17, 15) is 8.78 Å². The molecule has 0 radical (unpaired) electrons. The molecule has 174 valence electrons. The molecule has 0 heterocycles. The first-order valence-corrected chi connectivity index (χ1v) is 13.1. The highest BCUT2D eigenvalue weighted by molar-refractivity contribution is 5.84. The highest BCUT2D eigenvalue weighted by atomic mass is 19.2. The molecule has 2 aliphatic carbocycles. The summed E-state index contributed by atoms with van der Waals surface area (Å²) < 4.78 is 29.5. The molecule has 0 nitrogen and oxygen atoms in total. The number of allylic oxidation sites excluding steroid dienone is 1. The first kappa shape index (κ1) is 23.5. The van der Waals surface area contributed by atoms with Gasteiger partial charge in [0.05, 0.1) is 0 Å². The molecular weight excluding hydrogens is 398 g/mol. The smallest absolute Gasteiger partial charge is 0.166 e. The molecule has 2 aromatic carbocycles. The van der Waals surface area contributed by atoms with Crippen molar-refractivity contribution in [2.75, 3.05) is 0 Å². The van der Waals surface area contributed by atoms with Crippen LogP contribution >= 0.6 is 0 Å². The summed E-state index contributed by atoms with van der Waals surface area (Å²) in [4.78, 5) is 0. The summed E-state index contributed by atoms with van der Waals surface area (Å²) in [5.41, 5.74) is 1.60. The second-order valence-corrected chi connectivity index (χ2v) is 10.5. The molecule has 2 saturated carbocycles. The summed E-state index contributed by atoms with van der Waals surface area (Å²) in [6.45, 7) is 5.90. The van der Waals surface area contributed by atoms with Crippen LogP contribution in [0.15, 0.2) is 36.9 Å². The van der Waals surface area contributed by atoms with Gasteiger partial charge in [0, 0.05) is 5.39 Å². The molecule has 4 rings (SSSR count). The number of aryl methyl sites for hydroxylation is 2. The van der Waals surface area contributed by atoms with Crippen LogP contribution in [0.5, 0.6) is 0 Å². The van der Waals surface area contributed by atoms with Crippen molar-refractivity contribution in [3.8, 4) is 0 Å². The maximum absolute atomic E-state index is 14.8. The molecule has 0 atom stereocenters. The Hall–Kier alpha value is -1.70. The zero-order chi connectivity index (χ0) is 22.5. The summed E-state index contributed by atoms with van der Waals surface area (Å²) in [7, 11) is 0. The van der Waals surface area contributed by atoms with Crippen LogP contribution in [-0.4, -0.2) is 0 Å².